The summed E-state index contributed by atoms with van der Waals surface area (Å²) < 4.78 is 0. The molecule has 0 aliphatic heterocycles. The molecule has 0 aromatic heterocycles. The van der Waals surface area contributed by atoms with E-state index in [4.69, 9.17) is 5.73 Å². The number of nitrogen functional groups attached to an aromatic ring is 1. The molecule has 0 spiro atoms. The minimum absolute atomic E-state index is 0.465. The minimum Gasteiger partial charge on any atom is -0.399 e. The third-order valence-corrected chi connectivity index (χ3v) is 2.50. The van der Waals surface area contributed by atoms with Crippen molar-refractivity contribution >= 4 is 23.2 Å². The molecule has 1 aromatic rings. The Morgan fingerprint density at radius 1 is 1.15 bits per heavy atom. The summed E-state index contributed by atoms with van der Waals surface area (Å²) in [6, 6.07) is 6.78. The fourth-order valence-corrected chi connectivity index (χ4v) is 1.43. The molecule has 1 aromatic carbocycles. The molecule has 110 valence electrons. The van der Waals surface area contributed by atoms with Gasteiger partial charge >= 0.3 is 11.8 Å². The maximum Gasteiger partial charge on any atom is 0.327 e. The van der Waals surface area contributed by atoms with Gasteiger partial charge in [0.05, 0.1) is 5.69 Å². The predicted molar refractivity (Wildman–Crippen MR) is 78.8 cm³/mol. The zero-order valence-electron chi connectivity index (χ0n) is 11.8. The highest BCUT2D eigenvalue weighted by atomic mass is 16.2. The predicted octanol–water partition coefficient (Wildman–Crippen LogP) is -0.220. The SMILES string of the molecule is CN(C)CCCNC(=O)C(=O)NNc1ccc(N)cc1. The number of nitrogens with one attached hydrogen (secondary N) is 3. The third-order valence-electron chi connectivity index (χ3n) is 2.50. The van der Waals surface area contributed by atoms with Crippen LogP contribution in [0.25, 0.3) is 0 Å². The average molecular weight is 279 g/mol. The van der Waals surface area contributed by atoms with Gasteiger partial charge in [-0.15, -0.1) is 0 Å². The Bertz CT molecular complexity index is 445. The Kier molecular flexibility index (Phi) is 6.31. The van der Waals surface area contributed by atoms with Gasteiger partial charge in [-0.25, -0.2) is 0 Å². The molecule has 1 rings (SSSR count). The van der Waals surface area contributed by atoms with E-state index < -0.39 is 11.8 Å². The minimum atomic E-state index is -0.730. The van der Waals surface area contributed by atoms with Gasteiger partial charge < -0.3 is 16.0 Å². The Balaban J connectivity index is 2.24. The van der Waals surface area contributed by atoms with E-state index in [1.807, 2.05) is 19.0 Å². The molecule has 0 saturated carbocycles. The van der Waals surface area contributed by atoms with Crippen molar-refractivity contribution in [1.29, 1.82) is 0 Å². The fourth-order valence-electron chi connectivity index (χ4n) is 1.43. The number of hydrogen-bond donors (Lipinski definition) is 4. The van der Waals surface area contributed by atoms with Crippen LogP contribution in [-0.4, -0.2) is 43.9 Å². The number of benzene rings is 1. The fraction of sp³-hybridized carbons (Fsp3) is 0.385. The zero-order valence-corrected chi connectivity index (χ0v) is 11.8. The second kappa shape index (κ2) is 8.00. The van der Waals surface area contributed by atoms with E-state index in [0.717, 1.165) is 13.0 Å². The molecule has 0 radical (unpaired) electrons. The van der Waals surface area contributed by atoms with Crippen molar-refractivity contribution in [3.8, 4) is 0 Å². The van der Waals surface area contributed by atoms with Crippen molar-refractivity contribution < 1.29 is 9.59 Å². The first kappa shape index (κ1) is 15.8. The van der Waals surface area contributed by atoms with Gasteiger partial charge in [0.1, 0.15) is 0 Å². The van der Waals surface area contributed by atoms with Crippen LogP contribution in [0.5, 0.6) is 0 Å². The topological polar surface area (TPSA) is 99.5 Å². The normalized spacial score (nSPS) is 10.2. The van der Waals surface area contributed by atoms with Gasteiger partial charge in [-0.2, -0.15) is 0 Å². The molecule has 0 unspecified atom stereocenters. The summed E-state index contributed by atoms with van der Waals surface area (Å²) in [7, 11) is 3.90. The van der Waals surface area contributed by atoms with Gasteiger partial charge in [0.2, 0.25) is 0 Å². The summed E-state index contributed by atoms with van der Waals surface area (Å²) in [6.45, 7) is 1.32. The lowest BCUT2D eigenvalue weighted by molar-refractivity contribution is -0.138. The Hall–Kier alpha value is -2.28. The Morgan fingerprint density at radius 2 is 1.80 bits per heavy atom. The van der Waals surface area contributed by atoms with Crippen LogP contribution in [0, 0.1) is 0 Å². The van der Waals surface area contributed by atoms with Crippen molar-refractivity contribution in [2.24, 2.45) is 0 Å². The molecule has 7 heteroatoms. The molecule has 0 bridgehead atoms. The summed E-state index contributed by atoms with van der Waals surface area (Å²) in [5.74, 6) is -1.39. The summed E-state index contributed by atoms with van der Waals surface area (Å²) >= 11 is 0. The smallest absolute Gasteiger partial charge is 0.327 e. The molecular formula is C13H21N5O2. The number of hydrazine groups is 1. The molecule has 0 aliphatic rings. The maximum atomic E-state index is 11.5. The van der Waals surface area contributed by atoms with Gasteiger partial charge in [0, 0.05) is 12.2 Å². The van der Waals surface area contributed by atoms with E-state index in [9.17, 15) is 9.59 Å². The standard InChI is InChI=1S/C13H21N5O2/c1-18(2)9-3-8-15-12(19)13(20)17-16-11-6-4-10(14)5-7-11/h4-7,16H,3,8-9,14H2,1-2H3,(H,15,19)(H,17,20). The van der Waals surface area contributed by atoms with Gasteiger partial charge in [-0.1, -0.05) is 0 Å². The van der Waals surface area contributed by atoms with Crippen LogP contribution in [0.1, 0.15) is 6.42 Å². The van der Waals surface area contributed by atoms with Gasteiger partial charge in [0.25, 0.3) is 0 Å². The summed E-state index contributed by atoms with van der Waals surface area (Å²) in [5, 5.41) is 2.55. The number of rotatable bonds is 6. The Labute approximate surface area is 118 Å². The number of amides is 2. The highest BCUT2D eigenvalue weighted by Crippen LogP contribution is 2.08. The van der Waals surface area contributed by atoms with Crippen LogP contribution >= 0.6 is 0 Å². The molecule has 2 amide bonds. The first-order valence-electron chi connectivity index (χ1n) is 6.33. The summed E-state index contributed by atoms with van der Waals surface area (Å²) in [5.41, 5.74) is 11.8. The molecule has 0 heterocycles. The first-order valence-corrected chi connectivity index (χ1v) is 6.33. The average Bonchev–Trinajstić information content (AvgIpc) is 2.42. The van der Waals surface area contributed by atoms with Gasteiger partial charge in [0.15, 0.2) is 0 Å². The second-order valence-electron chi connectivity index (χ2n) is 4.61. The lowest BCUT2D eigenvalue weighted by atomic mass is 10.3. The van der Waals surface area contributed by atoms with Crippen LogP contribution in [0.2, 0.25) is 0 Å². The zero-order chi connectivity index (χ0) is 15.0. The van der Waals surface area contributed by atoms with Gasteiger partial charge in [-0.05, 0) is 51.3 Å². The van der Waals surface area contributed by atoms with Crippen LogP contribution in [0.15, 0.2) is 24.3 Å². The second-order valence-corrected chi connectivity index (χ2v) is 4.61. The number of carbonyl (C=O) groups excluding carboxylic acids is 2. The Morgan fingerprint density at radius 3 is 2.40 bits per heavy atom. The number of nitrogens with zero attached hydrogens (tertiary/aromatic N) is 1. The van der Waals surface area contributed by atoms with E-state index in [0.29, 0.717) is 17.9 Å². The molecule has 0 saturated heterocycles. The van der Waals surface area contributed by atoms with Crippen molar-refractivity contribution in [3.63, 3.8) is 0 Å². The number of carbonyl (C=O) groups is 2. The monoisotopic (exact) mass is 279 g/mol. The number of nitrogens with two attached hydrogens (primary N) is 1. The largest absolute Gasteiger partial charge is 0.399 e. The summed E-state index contributed by atoms with van der Waals surface area (Å²) in [6.07, 6.45) is 0.789. The van der Waals surface area contributed by atoms with E-state index in [1.165, 1.54) is 0 Å². The van der Waals surface area contributed by atoms with Crippen molar-refractivity contribution in [3.05, 3.63) is 24.3 Å². The van der Waals surface area contributed by atoms with Crippen LogP contribution in [0.3, 0.4) is 0 Å². The van der Waals surface area contributed by atoms with Gasteiger partial charge in [-0.3, -0.25) is 20.4 Å². The van der Waals surface area contributed by atoms with Crippen molar-refractivity contribution in [2.75, 3.05) is 38.3 Å². The molecule has 0 fully saturated rings. The molecule has 7 nitrogen and oxygen atoms in total. The van der Waals surface area contributed by atoms with Crippen LogP contribution in [-0.2, 0) is 9.59 Å². The maximum absolute atomic E-state index is 11.5. The number of anilines is 2. The van der Waals surface area contributed by atoms with E-state index in [2.05, 4.69) is 16.2 Å². The van der Waals surface area contributed by atoms with Crippen LogP contribution < -0.4 is 21.9 Å². The van der Waals surface area contributed by atoms with Crippen molar-refractivity contribution in [1.82, 2.24) is 15.6 Å². The van der Waals surface area contributed by atoms with E-state index >= 15 is 0 Å². The van der Waals surface area contributed by atoms with E-state index in [-0.39, 0.29) is 0 Å². The molecular weight excluding hydrogens is 258 g/mol. The van der Waals surface area contributed by atoms with Crippen LogP contribution in [0.4, 0.5) is 11.4 Å². The third kappa shape index (κ3) is 6.05. The molecule has 5 N–H and O–H groups in total. The lowest BCUT2D eigenvalue weighted by Crippen LogP contribution is -2.43. The van der Waals surface area contributed by atoms with Crippen molar-refractivity contribution in [2.45, 2.75) is 6.42 Å². The quantitative estimate of drug-likeness (QED) is 0.250. The van der Waals surface area contributed by atoms with E-state index in [1.54, 1.807) is 24.3 Å². The lowest BCUT2D eigenvalue weighted by Gasteiger charge is -2.10. The first-order chi connectivity index (χ1) is 9.49. The highest BCUT2D eigenvalue weighted by Gasteiger charge is 2.11. The molecule has 20 heavy (non-hydrogen) atoms. The molecule has 0 atom stereocenters. The number of hydrogen-bond acceptors (Lipinski definition) is 5. The highest BCUT2D eigenvalue weighted by molar-refractivity contribution is 6.35. The summed E-state index contributed by atoms with van der Waals surface area (Å²) in [4.78, 5) is 25.0. The molecule has 0 aliphatic carbocycles.